The van der Waals surface area contributed by atoms with Crippen LogP contribution in [0.15, 0.2) is 42.5 Å². The molecule has 2 rings (SSSR count). The van der Waals surface area contributed by atoms with Gasteiger partial charge in [-0.1, -0.05) is 42.5 Å². The summed E-state index contributed by atoms with van der Waals surface area (Å²) in [6.45, 7) is 1.76. The maximum Gasteiger partial charge on any atom is 0.302 e. The predicted molar refractivity (Wildman–Crippen MR) is 58.5 cm³/mol. The number of esters is 1. The Bertz CT molecular complexity index is 418. The summed E-state index contributed by atoms with van der Waals surface area (Å²) in [5.41, 5.74) is 3.40. The average Bonchev–Trinajstić information content (AvgIpc) is 2.56. The lowest BCUT2D eigenvalue weighted by molar-refractivity contribution is -0.142. The van der Waals surface area contributed by atoms with Crippen LogP contribution in [-0.2, 0) is 16.1 Å². The van der Waals surface area contributed by atoms with Gasteiger partial charge in [-0.2, -0.15) is 0 Å². The summed E-state index contributed by atoms with van der Waals surface area (Å²) in [6, 6.07) is 14.2. The smallest absolute Gasteiger partial charge is 0.302 e. The standard InChI is InChI=1S/C13H12O2/c1-10(14)15-9-11-5-7-12-3-2-4-13(12)8-6-11/h2-8H,9H2,1H3. The Kier molecular flexibility index (Phi) is 2.68. The molecule has 0 amide bonds. The Balaban J connectivity index is 2.22. The second-order valence-corrected chi connectivity index (χ2v) is 3.46. The van der Waals surface area contributed by atoms with Crippen LogP contribution in [0.4, 0.5) is 0 Å². The van der Waals surface area contributed by atoms with Crippen LogP contribution in [0.5, 0.6) is 0 Å². The summed E-state index contributed by atoms with van der Waals surface area (Å²) in [5.74, 6) is -0.250. The molecule has 0 heterocycles. The molecule has 0 spiro atoms. The molecule has 76 valence electrons. The van der Waals surface area contributed by atoms with Gasteiger partial charge in [0.25, 0.3) is 0 Å². The fourth-order valence-electron chi connectivity index (χ4n) is 1.48. The van der Waals surface area contributed by atoms with Crippen molar-refractivity contribution in [3.05, 3.63) is 48.0 Å². The summed E-state index contributed by atoms with van der Waals surface area (Å²) in [5, 5.41) is 0. The van der Waals surface area contributed by atoms with Gasteiger partial charge in [-0.25, -0.2) is 0 Å². The van der Waals surface area contributed by atoms with Gasteiger partial charge in [0, 0.05) is 6.92 Å². The number of hydrogen-bond acceptors (Lipinski definition) is 2. The molecular formula is C13H12O2. The van der Waals surface area contributed by atoms with Crippen LogP contribution in [0.2, 0.25) is 0 Å². The monoisotopic (exact) mass is 200 g/mol. The highest BCUT2D eigenvalue weighted by Crippen LogP contribution is 2.21. The van der Waals surface area contributed by atoms with Crippen molar-refractivity contribution in [1.82, 2.24) is 0 Å². The fraction of sp³-hybridized carbons (Fsp3) is 0.154. The Morgan fingerprint density at radius 3 is 2.20 bits per heavy atom. The van der Waals surface area contributed by atoms with E-state index in [9.17, 15) is 4.79 Å². The molecule has 0 aromatic carbocycles. The SMILES string of the molecule is CC(=O)OCc1ccc2cccc-2cc1. The van der Waals surface area contributed by atoms with Crippen molar-refractivity contribution in [3.63, 3.8) is 0 Å². The van der Waals surface area contributed by atoms with Crippen LogP contribution >= 0.6 is 0 Å². The lowest BCUT2D eigenvalue weighted by Gasteiger charge is -1.98. The van der Waals surface area contributed by atoms with Crippen molar-refractivity contribution in [2.45, 2.75) is 13.5 Å². The highest BCUT2D eigenvalue weighted by molar-refractivity contribution is 5.67. The van der Waals surface area contributed by atoms with Crippen LogP contribution < -0.4 is 0 Å². The third-order valence-electron chi connectivity index (χ3n) is 2.28. The number of carbonyl (C=O) groups excluding carboxylic acids is 1. The van der Waals surface area contributed by atoms with Crippen molar-refractivity contribution in [2.24, 2.45) is 0 Å². The lowest BCUT2D eigenvalue weighted by Crippen LogP contribution is -1.97. The van der Waals surface area contributed by atoms with E-state index in [-0.39, 0.29) is 5.97 Å². The van der Waals surface area contributed by atoms with E-state index < -0.39 is 0 Å². The molecule has 0 bridgehead atoms. The first kappa shape index (κ1) is 9.71. The highest BCUT2D eigenvalue weighted by atomic mass is 16.5. The molecule has 0 saturated carbocycles. The molecule has 15 heavy (non-hydrogen) atoms. The van der Waals surface area contributed by atoms with E-state index in [2.05, 4.69) is 12.1 Å². The molecule has 2 heteroatoms. The second-order valence-electron chi connectivity index (χ2n) is 3.46. The number of ether oxygens (including phenoxy) is 1. The molecule has 2 nitrogen and oxygen atoms in total. The quantitative estimate of drug-likeness (QED) is 0.697. The first-order valence-corrected chi connectivity index (χ1v) is 4.87. The van der Waals surface area contributed by atoms with Gasteiger partial charge in [0.2, 0.25) is 0 Å². The zero-order valence-electron chi connectivity index (χ0n) is 8.57. The minimum Gasteiger partial charge on any atom is -0.461 e. The molecule has 2 aliphatic rings. The van der Waals surface area contributed by atoms with Crippen molar-refractivity contribution >= 4 is 5.97 Å². The molecule has 0 fully saturated rings. The Labute approximate surface area is 88.8 Å². The van der Waals surface area contributed by atoms with Crippen LogP contribution in [0.1, 0.15) is 12.5 Å². The van der Waals surface area contributed by atoms with E-state index in [0.29, 0.717) is 6.61 Å². The predicted octanol–water partition coefficient (Wildman–Crippen LogP) is 2.85. The molecular weight excluding hydrogens is 188 g/mol. The Morgan fingerprint density at radius 1 is 1.07 bits per heavy atom. The zero-order chi connectivity index (χ0) is 10.7. The summed E-state index contributed by atoms with van der Waals surface area (Å²) >= 11 is 0. The molecule has 0 aromatic rings. The van der Waals surface area contributed by atoms with Gasteiger partial charge in [0.1, 0.15) is 6.61 Å². The third-order valence-corrected chi connectivity index (χ3v) is 2.28. The van der Waals surface area contributed by atoms with Gasteiger partial charge in [-0.3, -0.25) is 4.79 Å². The Hall–Kier alpha value is -1.83. The number of hydrogen-bond donors (Lipinski definition) is 0. The normalized spacial score (nSPS) is 10.2. The molecule has 0 radical (unpaired) electrons. The number of fused-ring (bicyclic) bond motifs is 1. The van der Waals surface area contributed by atoms with E-state index in [1.165, 1.54) is 18.1 Å². The minimum atomic E-state index is -0.250. The first-order chi connectivity index (χ1) is 7.25. The van der Waals surface area contributed by atoms with E-state index in [1.807, 2.05) is 30.3 Å². The lowest BCUT2D eigenvalue weighted by atomic mass is 10.2. The molecule has 0 N–H and O–H groups in total. The molecule has 0 atom stereocenters. The zero-order valence-corrected chi connectivity index (χ0v) is 8.57. The molecule has 0 aromatic heterocycles. The van der Waals surface area contributed by atoms with Gasteiger partial charge in [-0.05, 0) is 16.7 Å². The van der Waals surface area contributed by atoms with Gasteiger partial charge >= 0.3 is 5.97 Å². The maximum absolute atomic E-state index is 10.7. The topological polar surface area (TPSA) is 26.3 Å². The molecule has 0 unspecified atom stereocenters. The van der Waals surface area contributed by atoms with Gasteiger partial charge in [-0.15, -0.1) is 0 Å². The van der Waals surface area contributed by atoms with Gasteiger partial charge in [0.05, 0.1) is 0 Å². The van der Waals surface area contributed by atoms with E-state index in [1.54, 1.807) is 0 Å². The van der Waals surface area contributed by atoms with Crippen LogP contribution in [0, 0.1) is 0 Å². The van der Waals surface area contributed by atoms with Crippen LogP contribution in [-0.4, -0.2) is 5.97 Å². The number of carbonyl (C=O) groups is 1. The van der Waals surface area contributed by atoms with Crippen molar-refractivity contribution in [2.75, 3.05) is 0 Å². The highest BCUT2D eigenvalue weighted by Gasteiger charge is 2.00. The second kappa shape index (κ2) is 4.13. The largest absolute Gasteiger partial charge is 0.461 e. The third kappa shape index (κ3) is 2.34. The summed E-state index contributed by atoms with van der Waals surface area (Å²) in [6.07, 6.45) is 0. The van der Waals surface area contributed by atoms with E-state index in [0.717, 1.165) is 5.56 Å². The molecule has 2 aliphatic carbocycles. The van der Waals surface area contributed by atoms with Gasteiger partial charge < -0.3 is 4.74 Å². The van der Waals surface area contributed by atoms with E-state index in [4.69, 9.17) is 4.74 Å². The Morgan fingerprint density at radius 2 is 1.67 bits per heavy atom. The van der Waals surface area contributed by atoms with Crippen LogP contribution in [0.3, 0.4) is 0 Å². The van der Waals surface area contributed by atoms with Crippen molar-refractivity contribution in [1.29, 1.82) is 0 Å². The summed E-state index contributed by atoms with van der Waals surface area (Å²) < 4.78 is 4.93. The van der Waals surface area contributed by atoms with Crippen LogP contribution in [0.25, 0.3) is 11.1 Å². The van der Waals surface area contributed by atoms with Crippen molar-refractivity contribution in [3.8, 4) is 11.1 Å². The number of rotatable bonds is 2. The average molecular weight is 200 g/mol. The van der Waals surface area contributed by atoms with Crippen molar-refractivity contribution < 1.29 is 9.53 Å². The first-order valence-electron chi connectivity index (χ1n) is 4.87. The van der Waals surface area contributed by atoms with E-state index >= 15 is 0 Å². The summed E-state index contributed by atoms with van der Waals surface area (Å²) in [4.78, 5) is 10.7. The molecule has 0 saturated heterocycles. The summed E-state index contributed by atoms with van der Waals surface area (Å²) in [7, 11) is 0. The van der Waals surface area contributed by atoms with Gasteiger partial charge in [0.15, 0.2) is 0 Å². The minimum absolute atomic E-state index is 0.250. The maximum atomic E-state index is 10.7. The fourth-order valence-corrected chi connectivity index (χ4v) is 1.48. The molecule has 0 aliphatic heterocycles.